The van der Waals surface area contributed by atoms with E-state index in [4.69, 9.17) is 9.05 Å². The Hall–Kier alpha value is -0.920. The normalized spacial score (nSPS) is 22.9. The van der Waals surface area contributed by atoms with Gasteiger partial charge in [-0.3, -0.25) is 13.8 Å². The molecule has 12 nitrogen and oxygen atoms in total. The van der Waals surface area contributed by atoms with E-state index in [9.17, 15) is 44.9 Å². The van der Waals surface area contributed by atoms with Crippen LogP contribution in [0.2, 0.25) is 0 Å². The van der Waals surface area contributed by atoms with Crippen molar-refractivity contribution in [2.75, 3.05) is 6.61 Å². The van der Waals surface area contributed by atoms with Gasteiger partial charge >= 0.3 is 7.82 Å². The molecule has 0 heterocycles. The van der Waals surface area contributed by atoms with E-state index in [0.717, 1.165) is 44.9 Å². The van der Waals surface area contributed by atoms with Crippen molar-refractivity contribution >= 4 is 13.7 Å². The van der Waals surface area contributed by atoms with Crippen molar-refractivity contribution in [2.45, 2.75) is 275 Å². The Balaban J connectivity index is 2.40. The molecule has 1 amide bonds. The molecule has 1 aliphatic carbocycles. The van der Waals surface area contributed by atoms with E-state index in [2.05, 4.69) is 19.2 Å². The van der Waals surface area contributed by atoms with Crippen LogP contribution in [0.5, 0.6) is 0 Å². The summed E-state index contributed by atoms with van der Waals surface area (Å²) in [6, 6.07) is -1.11. The summed E-state index contributed by atoms with van der Waals surface area (Å²) in [7, 11) is -5.07. The van der Waals surface area contributed by atoms with Gasteiger partial charge in [-0.2, -0.15) is 0 Å². The second-order valence-corrected chi connectivity index (χ2v) is 19.1. The lowest BCUT2D eigenvalue weighted by atomic mass is 9.85. The van der Waals surface area contributed by atoms with Crippen LogP contribution in [-0.2, 0) is 18.4 Å². The Labute approximate surface area is 365 Å². The summed E-state index contributed by atoms with van der Waals surface area (Å²) in [4.78, 5) is 23.4. The lowest BCUT2D eigenvalue weighted by Crippen LogP contribution is -2.64. The minimum atomic E-state index is -5.07. The molecule has 0 spiro atoms. The van der Waals surface area contributed by atoms with Crippen molar-refractivity contribution in [3.05, 3.63) is 12.2 Å². The Bertz CT molecular complexity index is 1070. The molecule has 9 atom stereocenters. The van der Waals surface area contributed by atoms with Crippen LogP contribution in [0, 0.1) is 0 Å². The molecule has 0 bridgehead atoms. The first-order valence-corrected chi connectivity index (χ1v) is 26.1. The predicted molar refractivity (Wildman–Crippen MR) is 241 cm³/mol. The van der Waals surface area contributed by atoms with Crippen LogP contribution < -0.4 is 5.32 Å². The third-order valence-corrected chi connectivity index (χ3v) is 13.1. The fourth-order valence-corrected chi connectivity index (χ4v) is 8.99. The zero-order valence-electron chi connectivity index (χ0n) is 38.0. The summed E-state index contributed by atoms with van der Waals surface area (Å²) in [5.41, 5.74) is 0. The lowest BCUT2D eigenvalue weighted by molar-refractivity contribution is -0.220. The predicted octanol–water partition coefficient (Wildman–Crippen LogP) is 9.62. The highest BCUT2D eigenvalue weighted by molar-refractivity contribution is 7.47. The molecule has 0 aliphatic heterocycles. The van der Waals surface area contributed by atoms with Gasteiger partial charge in [0.2, 0.25) is 5.91 Å². The maximum absolute atomic E-state index is 13.0. The van der Waals surface area contributed by atoms with Crippen molar-refractivity contribution in [1.29, 1.82) is 0 Å². The van der Waals surface area contributed by atoms with Crippen molar-refractivity contribution in [3.63, 3.8) is 0 Å². The lowest BCUT2D eigenvalue weighted by Gasteiger charge is -2.41. The number of hydrogen-bond donors (Lipinski definition) is 8. The van der Waals surface area contributed by atoms with Gasteiger partial charge in [0.1, 0.15) is 36.6 Å². The van der Waals surface area contributed by atoms with E-state index in [-0.39, 0.29) is 12.3 Å². The Morgan fingerprint density at radius 2 is 0.883 bits per heavy atom. The number of aliphatic hydroxyl groups is 6. The third-order valence-electron chi connectivity index (χ3n) is 12.1. The summed E-state index contributed by atoms with van der Waals surface area (Å²) < 4.78 is 22.9. The van der Waals surface area contributed by atoms with Gasteiger partial charge in [-0.25, -0.2) is 4.57 Å². The number of phosphoric ester groups is 1. The summed E-state index contributed by atoms with van der Waals surface area (Å²) in [5.74, 6) is -0.337. The molecule has 0 aromatic carbocycles. The largest absolute Gasteiger partial charge is 0.472 e. The fraction of sp³-hybridized carbons (Fsp3) is 0.936. The SMILES string of the molecule is CCCCCCCCCCCC/C=C/[C@@H](O)[C@H](COP(=O)(O)OC1C(O)C(O)C(O)[C@@H](O)C1O)NC(=O)CCCCCCCCCCCCCCCCCCCCCCC. The molecule has 1 aliphatic rings. The van der Waals surface area contributed by atoms with Crippen LogP contribution >= 0.6 is 7.82 Å². The number of carbonyl (C=O) groups is 1. The summed E-state index contributed by atoms with van der Waals surface area (Å²) in [5, 5.41) is 64.0. The Morgan fingerprint density at radius 3 is 1.27 bits per heavy atom. The molecule has 0 saturated heterocycles. The third kappa shape index (κ3) is 28.7. The first kappa shape index (κ1) is 57.1. The van der Waals surface area contributed by atoms with Gasteiger partial charge < -0.3 is 40.8 Å². The van der Waals surface area contributed by atoms with Crippen LogP contribution in [0.25, 0.3) is 0 Å². The van der Waals surface area contributed by atoms with Crippen LogP contribution in [0.15, 0.2) is 12.2 Å². The molecule has 60 heavy (non-hydrogen) atoms. The molecular formula is C47H92NO11P. The number of hydrogen-bond acceptors (Lipinski definition) is 10. The summed E-state index contributed by atoms with van der Waals surface area (Å²) >= 11 is 0. The maximum Gasteiger partial charge on any atom is 0.472 e. The molecule has 0 aromatic rings. The van der Waals surface area contributed by atoms with Gasteiger partial charge in [0.15, 0.2) is 0 Å². The number of nitrogens with one attached hydrogen (secondary N) is 1. The van der Waals surface area contributed by atoms with Gasteiger partial charge in [-0.05, 0) is 19.3 Å². The first-order valence-electron chi connectivity index (χ1n) is 24.6. The molecule has 1 rings (SSSR count). The number of carbonyl (C=O) groups excluding carboxylic acids is 1. The quantitative estimate of drug-likeness (QED) is 0.0165. The fourth-order valence-electron chi connectivity index (χ4n) is 8.02. The molecule has 0 aromatic heterocycles. The van der Waals surface area contributed by atoms with E-state index >= 15 is 0 Å². The highest BCUT2D eigenvalue weighted by Gasteiger charge is 2.51. The number of phosphoric acid groups is 1. The first-order chi connectivity index (χ1) is 28.9. The topological polar surface area (TPSA) is 206 Å². The zero-order valence-corrected chi connectivity index (χ0v) is 38.9. The summed E-state index contributed by atoms with van der Waals surface area (Å²) in [6.07, 6.45) is 30.0. The van der Waals surface area contributed by atoms with Crippen LogP contribution in [-0.4, -0.2) is 96.8 Å². The van der Waals surface area contributed by atoms with E-state index in [1.54, 1.807) is 0 Å². The van der Waals surface area contributed by atoms with E-state index < -0.39 is 63.2 Å². The zero-order chi connectivity index (χ0) is 44.3. The van der Waals surface area contributed by atoms with Crippen LogP contribution in [0.3, 0.4) is 0 Å². The van der Waals surface area contributed by atoms with Crippen molar-refractivity contribution in [1.82, 2.24) is 5.32 Å². The number of unbranched alkanes of at least 4 members (excludes halogenated alkanes) is 30. The van der Waals surface area contributed by atoms with E-state index in [1.807, 2.05) is 6.08 Å². The van der Waals surface area contributed by atoms with Crippen LogP contribution in [0.1, 0.15) is 226 Å². The molecule has 1 fully saturated rings. The van der Waals surface area contributed by atoms with Crippen molar-refractivity contribution in [3.8, 4) is 0 Å². The van der Waals surface area contributed by atoms with Crippen molar-refractivity contribution in [2.24, 2.45) is 0 Å². The average molecular weight is 878 g/mol. The van der Waals surface area contributed by atoms with E-state index in [0.29, 0.717) is 6.42 Å². The molecule has 13 heteroatoms. The molecule has 1 saturated carbocycles. The maximum atomic E-state index is 13.0. The van der Waals surface area contributed by atoms with Gasteiger partial charge in [-0.15, -0.1) is 0 Å². The Morgan fingerprint density at radius 1 is 0.550 bits per heavy atom. The van der Waals surface area contributed by atoms with Gasteiger partial charge in [0.05, 0.1) is 18.8 Å². The smallest absolute Gasteiger partial charge is 0.387 e. The number of aliphatic hydroxyl groups excluding tert-OH is 6. The molecule has 356 valence electrons. The number of allylic oxidation sites excluding steroid dienone is 1. The molecule has 0 radical (unpaired) electrons. The average Bonchev–Trinajstić information content (AvgIpc) is 3.23. The second-order valence-electron chi connectivity index (χ2n) is 17.7. The number of rotatable bonds is 41. The van der Waals surface area contributed by atoms with Gasteiger partial charge in [0.25, 0.3) is 0 Å². The Kier molecular flexibility index (Phi) is 35.6. The molecular weight excluding hydrogens is 785 g/mol. The standard InChI is InChI=1S/C47H92NO11P/c1-3-5-7-9-11-13-15-17-18-19-20-21-22-23-24-25-27-29-31-33-35-37-41(50)48-39(40(49)36-34-32-30-28-26-16-14-12-10-8-6-4-2)38-58-60(56,57)59-47-45(54)43(52)42(51)44(53)46(47)55/h34,36,39-40,42-47,49,51-55H,3-33,35,37-38H2,1-2H3,(H,48,50)(H,56,57)/b36-34+/t39-,40+,42?,43+,44?,45?,46?,47?/m0/s1. The highest BCUT2D eigenvalue weighted by atomic mass is 31.2. The van der Waals surface area contributed by atoms with Gasteiger partial charge in [0, 0.05) is 6.42 Å². The van der Waals surface area contributed by atoms with Gasteiger partial charge in [-0.1, -0.05) is 212 Å². The summed E-state index contributed by atoms with van der Waals surface area (Å²) in [6.45, 7) is 3.84. The minimum Gasteiger partial charge on any atom is -0.387 e. The van der Waals surface area contributed by atoms with Crippen molar-refractivity contribution < 1.29 is 53.9 Å². The monoisotopic (exact) mass is 878 g/mol. The molecule has 8 N–H and O–H groups in total. The molecule has 6 unspecified atom stereocenters. The highest BCUT2D eigenvalue weighted by Crippen LogP contribution is 2.47. The minimum absolute atomic E-state index is 0.219. The van der Waals surface area contributed by atoms with E-state index in [1.165, 1.54) is 160 Å². The van der Waals surface area contributed by atoms with Crippen LogP contribution in [0.4, 0.5) is 0 Å². The number of amides is 1. The second kappa shape index (κ2) is 37.5.